The summed E-state index contributed by atoms with van der Waals surface area (Å²) >= 11 is 12.5. The molecule has 3 aromatic heterocycles. The van der Waals surface area contributed by atoms with Crippen LogP contribution in [0.4, 0.5) is 0 Å². The third kappa shape index (κ3) is 3.36. The molecule has 1 fully saturated rings. The third-order valence-corrected chi connectivity index (χ3v) is 6.67. The molecule has 1 aliphatic carbocycles. The summed E-state index contributed by atoms with van der Waals surface area (Å²) in [6.45, 7) is 0. The minimum atomic E-state index is -0.419. The van der Waals surface area contributed by atoms with Crippen LogP contribution in [-0.2, 0) is 7.05 Å². The van der Waals surface area contributed by atoms with Gasteiger partial charge in [0.1, 0.15) is 11.0 Å². The van der Waals surface area contributed by atoms with Crippen molar-refractivity contribution in [1.82, 2.24) is 23.7 Å². The van der Waals surface area contributed by atoms with E-state index < -0.39 is 5.56 Å². The Kier molecular flexibility index (Phi) is 5.39. The number of pyridine rings is 1. The second-order valence-corrected chi connectivity index (χ2v) is 8.87. The van der Waals surface area contributed by atoms with Gasteiger partial charge in [-0.2, -0.15) is 0 Å². The minimum absolute atomic E-state index is 0.00339. The summed E-state index contributed by atoms with van der Waals surface area (Å²) < 4.78 is 4.58. The summed E-state index contributed by atoms with van der Waals surface area (Å²) in [4.78, 5) is 35.6. The Morgan fingerprint density at radius 3 is 2.44 bits per heavy atom. The lowest BCUT2D eigenvalue weighted by atomic mass is 9.95. The second kappa shape index (κ2) is 8.22. The summed E-state index contributed by atoms with van der Waals surface area (Å²) in [5.74, 6) is 0.474. The fourth-order valence-corrected chi connectivity index (χ4v) is 4.84. The molecule has 0 radical (unpaired) electrons. The van der Waals surface area contributed by atoms with Gasteiger partial charge < -0.3 is 0 Å². The van der Waals surface area contributed by atoms with Gasteiger partial charge in [0.25, 0.3) is 5.56 Å². The van der Waals surface area contributed by atoms with E-state index in [-0.39, 0.29) is 11.7 Å². The standard InChI is InChI=1S/C23H21Cl2N5O2/c1-28-22(31)19-21(30(23(28)32)14-7-3-2-4-8-14)27-20(16-9-5-6-10-17(16)24)29(19)15-11-12-18(25)26-13-15/h5-6,9-14H,2-4,7-8H2,1H3. The fraction of sp³-hybridized carbons (Fsp3) is 0.304. The molecule has 0 bridgehead atoms. The van der Waals surface area contributed by atoms with Crippen molar-refractivity contribution in [2.24, 2.45) is 7.05 Å². The average molecular weight is 470 g/mol. The second-order valence-electron chi connectivity index (χ2n) is 8.07. The van der Waals surface area contributed by atoms with E-state index in [4.69, 9.17) is 28.2 Å². The van der Waals surface area contributed by atoms with Crippen LogP contribution in [0.15, 0.2) is 52.2 Å². The normalized spacial score (nSPS) is 14.8. The van der Waals surface area contributed by atoms with E-state index in [1.54, 1.807) is 33.5 Å². The van der Waals surface area contributed by atoms with E-state index in [1.165, 1.54) is 7.05 Å². The molecule has 1 saturated carbocycles. The van der Waals surface area contributed by atoms with Gasteiger partial charge in [-0.15, -0.1) is 0 Å². The van der Waals surface area contributed by atoms with Gasteiger partial charge >= 0.3 is 5.69 Å². The molecular formula is C23H21Cl2N5O2. The highest BCUT2D eigenvalue weighted by atomic mass is 35.5. The Labute approximate surface area is 193 Å². The maximum absolute atomic E-state index is 13.4. The molecule has 0 atom stereocenters. The van der Waals surface area contributed by atoms with Crippen molar-refractivity contribution in [3.63, 3.8) is 0 Å². The van der Waals surface area contributed by atoms with E-state index in [1.807, 2.05) is 18.2 Å². The largest absolute Gasteiger partial charge is 0.332 e. The first-order valence-electron chi connectivity index (χ1n) is 10.6. The highest BCUT2D eigenvalue weighted by Gasteiger charge is 2.27. The summed E-state index contributed by atoms with van der Waals surface area (Å²) in [6.07, 6.45) is 6.57. The van der Waals surface area contributed by atoms with Crippen molar-refractivity contribution >= 4 is 34.4 Å². The van der Waals surface area contributed by atoms with Crippen LogP contribution in [0.1, 0.15) is 38.1 Å². The van der Waals surface area contributed by atoms with Gasteiger partial charge in [-0.1, -0.05) is 54.6 Å². The fourth-order valence-electron chi connectivity index (χ4n) is 4.51. The third-order valence-electron chi connectivity index (χ3n) is 6.11. The first-order valence-corrected chi connectivity index (χ1v) is 11.3. The molecular weight excluding hydrogens is 449 g/mol. The molecule has 5 rings (SSSR count). The molecule has 4 aromatic rings. The van der Waals surface area contributed by atoms with Gasteiger partial charge in [-0.05, 0) is 37.1 Å². The molecule has 0 amide bonds. The topological polar surface area (TPSA) is 74.7 Å². The zero-order valence-corrected chi connectivity index (χ0v) is 19.0. The number of nitrogens with zero attached hydrogens (tertiary/aromatic N) is 5. The number of halogens is 2. The number of imidazole rings is 1. The highest BCUT2D eigenvalue weighted by molar-refractivity contribution is 6.33. The van der Waals surface area contributed by atoms with E-state index >= 15 is 0 Å². The van der Waals surface area contributed by atoms with Crippen molar-refractivity contribution in [3.05, 3.63) is 73.6 Å². The lowest BCUT2D eigenvalue weighted by molar-refractivity contribution is 0.345. The number of hydrogen-bond donors (Lipinski definition) is 0. The molecule has 0 saturated heterocycles. The van der Waals surface area contributed by atoms with E-state index in [2.05, 4.69) is 4.98 Å². The van der Waals surface area contributed by atoms with Crippen LogP contribution < -0.4 is 11.2 Å². The van der Waals surface area contributed by atoms with Crippen LogP contribution in [0.3, 0.4) is 0 Å². The Morgan fingerprint density at radius 2 is 1.75 bits per heavy atom. The predicted molar refractivity (Wildman–Crippen MR) is 126 cm³/mol. The molecule has 9 heteroatoms. The van der Waals surface area contributed by atoms with E-state index in [0.717, 1.165) is 36.7 Å². The highest BCUT2D eigenvalue weighted by Crippen LogP contribution is 2.34. The first-order chi connectivity index (χ1) is 15.5. The molecule has 32 heavy (non-hydrogen) atoms. The molecule has 0 spiro atoms. The van der Waals surface area contributed by atoms with Crippen molar-refractivity contribution in [2.75, 3.05) is 0 Å². The Balaban J connectivity index is 1.93. The van der Waals surface area contributed by atoms with Crippen molar-refractivity contribution in [3.8, 4) is 17.1 Å². The van der Waals surface area contributed by atoms with Crippen molar-refractivity contribution in [2.45, 2.75) is 38.1 Å². The lowest BCUT2D eigenvalue weighted by Gasteiger charge is -2.24. The quantitative estimate of drug-likeness (QED) is 0.405. The predicted octanol–water partition coefficient (Wildman–Crippen LogP) is 4.76. The average Bonchev–Trinajstić information content (AvgIpc) is 3.19. The minimum Gasteiger partial charge on any atom is -0.285 e. The zero-order valence-electron chi connectivity index (χ0n) is 17.5. The van der Waals surface area contributed by atoms with Crippen LogP contribution >= 0.6 is 23.2 Å². The molecule has 1 aromatic carbocycles. The van der Waals surface area contributed by atoms with E-state index in [9.17, 15) is 9.59 Å². The monoisotopic (exact) mass is 469 g/mol. The molecule has 7 nitrogen and oxygen atoms in total. The molecule has 0 aliphatic heterocycles. The summed E-state index contributed by atoms with van der Waals surface area (Å²) in [5.41, 5.74) is 1.19. The number of fused-ring (bicyclic) bond motifs is 1. The van der Waals surface area contributed by atoms with Gasteiger partial charge in [-0.25, -0.2) is 14.8 Å². The van der Waals surface area contributed by atoms with Gasteiger partial charge in [0.2, 0.25) is 0 Å². The Morgan fingerprint density at radius 1 is 1.00 bits per heavy atom. The van der Waals surface area contributed by atoms with Crippen LogP contribution in [0.25, 0.3) is 28.2 Å². The molecule has 164 valence electrons. The maximum atomic E-state index is 13.4. The maximum Gasteiger partial charge on any atom is 0.332 e. The molecule has 0 N–H and O–H groups in total. The Bertz CT molecular complexity index is 1430. The SMILES string of the molecule is Cn1c(=O)c2c(nc(-c3ccccc3Cl)n2-c2ccc(Cl)nc2)n(C2CCCCC2)c1=O. The van der Waals surface area contributed by atoms with Gasteiger partial charge in [0.15, 0.2) is 11.2 Å². The van der Waals surface area contributed by atoms with E-state index in [0.29, 0.717) is 38.4 Å². The molecule has 3 heterocycles. The van der Waals surface area contributed by atoms with Crippen LogP contribution in [-0.4, -0.2) is 23.7 Å². The van der Waals surface area contributed by atoms with Crippen molar-refractivity contribution in [1.29, 1.82) is 0 Å². The zero-order chi connectivity index (χ0) is 22.4. The number of hydrogen-bond acceptors (Lipinski definition) is 4. The number of rotatable bonds is 3. The molecule has 0 unspecified atom stereocenters. The first kappa shape index (κ1) is 21.0. The Hall–Kier alpha value is -2.90. The van der Waals surface area contributed by atoms with Crippen LogP contribution in [0.5, 0.6) is 0 Å². The number of aromatic nitrogens is 5. The summed E-state index contributed by atoms with van der Waals surface area (Å²) in [6, 6.07) is 10.7. The van der Waals surface area contributed by atoms with Gasteiger partial charge in [0, 0.05) is 18.7 Å². The molecule has 1 aliphatic rings. The summed E-state index contributed by atoms with van der Waals surface area (Å²) in [7, 11) is 1.51. The number of benzene rings is 1. The smallest absolute Gasteiger partial charge is 0.285 e. The van der Waals surface area contributed by atoms with Crippen LogP contribution in [0.2, 0.25) is 10.2 Å². The lowest BCUT2D eigenvalue weighted by Crippen LogP contribution is -2.40. The van der Waals surface area contributed by atoms with Gasteiger partial charge in [-0.3, -0.25) is 18.5 Å². The van der Waals surface area contributed by atoms with Crippen molar-refractivity contribution < 1.29 is 0 Å². The van der Waals surface area contributed by atoms with Gasteiger partial charge in [0.05, 0.1) is 16.9 Å². The van der Waals surface area contributed by atoms with Crippen LogP contribution in [0, 0.1) is 0 Å². The summed E-state index contributed by atoms with van der Waals surface area (Å²) in [5, 5.41) is 0.832.